The van der Waals surface area contributed by atoms with Crippen molar-refractivity contribution in [3.05, 3.63) is 11.6 Å². The molecule has 3 unspecified atom stereocenters. The van der Waals surface area contributed by atoms with Crippen molar-refractivity contribution < 1.29 is 14.4 Å². The van der Waals surface area contributed by atoms with Crippen LogP contribution >= 0.6 is 0 Å². The molecule has 0 aromatic carbocycles. The number of rotatable bonds is 4. The molecule has 1 amide bonds. The molecule has 1 heterocycles. The van der Waals surface area contributed by atoms with Crippen molar-refractivity contribution in [2.45, 2.75) is 47.6 Å². The van der Waals surface area contributed by atoms with Crippen molar-refractivity contribution >= 4 is 17.5 Å². The summed E-state index contributed by atoms with van der Waals surface area (Å²) in [7, 11) is 0. The van der Waals surface area contributed by atoms with Crippen LogP contribution in [0.15, 0.2) is 11.6 Å². The fourth-order valence-corrected chi connectivity index (χ4v) is 3.43. The van der Waals surface area contributed by atoms with E-state index in [9.17, 15) is 14.4 Å². The number of allylic oxidation sites excluding steroid dienone is 2. The van der Waals surface area contributed by atoms with Crippen molar-refractivity contribution in [1.29, 1.82) is 0 Å². The quantitative estimate of drug-likeness (QED) is 0.589. The lowest BCUT2D eigenvalue weighted by Gasteiger charge is -2.19. The van der Waals surface area contributed by atoms with E-state index in [4.69, 9.17) is 0 Å². The SMILES string of the molecule is CC(C)=CC1C(C(=O)C2C(=O)CN(C(C)C)C2=O)C1(C)C. The van der Waals surface area contributed by atoms with Crippen LogP contribution in [-0.4, -0.2) is 35.0 Å². The molecular formula is C17H25NO3. The Morgan fingerprint density at radius 2 is 1.86 bits per heavy atom. The fourth-order valence-electron chi connectivity index (χ4n) is 3.43. The number of Topliss-reactive ketones (excluding diaryl/α,β-unsaturated/α-hetero) is 2. The Balaban J connectivity index is 2.20. The van der Waals surface area contributed by atoms with Gasteiger partial charge in [-0.05, 0) is 39.0 Å². The third-order valence-electron chi connectivity index (χ3n) is 4.82. The molecule has 2 rings (SSSR count). The lowest BCUT2D eigenvalue weighted by Crippen LogP contribution is -2.36. The van der Waals surface area contributed by atoms with Crippen LogP contribution in [0.1, 0.15) is 41.5 Å². The number of hydrogen-bond acceptors (Lipinski definition) is 3. The Hall–Kier alpha value is -1.45. The highest BCUT2D eigenvalue weighted by atomic mass is 16.2. The van der Waals surface area contributed by atoms with Gasteiger partial charge in [-0.1, -0.05) is 25.5 Å². The molecule has 1 aliphatic carbocycles. The van der Waals surface area contributed by atoms with E-state index in [0.717, 1.165) is 5.57 Å². The predicted octanol–water partition coefficient (Wildman–Crippen LogP) is 2.23. The van der Waals surface area contributed by atoms with E-state index in [-0.39, 0.29) is 47.3 Å². The summed E-state index contributed by atoms with van der Waals surface area (Å²) >= 11 is 0. The van der Waals surface area contributed by atoms with Gasteiger partial charge in [0.2, 0.25) is 5.91 Å². The van der Waals surface area contributed by atoms with Crippen LogP contribution < -0.4 is 0 Å². The van der Waals surface area contributed by atoms with Gasteiger partial charge in [0, 0.05) is 12.0 Å². The first-order valence-corrected chi connectivity index (χ1v) is 7.61. The van der Waals surface area contributed by atoms with Crippen molar-refractivity contribution in [1.82, 2.24) is 4.90 Å². The first kappa shape index (κ1) is 15.9. The molecule has 3 atom stereocenters. The Bertz CT molecular complexity index is 526. The number of amides is 1. The van der Waals surface area contributed by atoms with Crippen LogP contribution in [0.25, 0.3) is 0 Å². The fraction of sp³-hybridized carbons (Fsp3) is 0.706. The van der Waals surface area contributed by atoms with Gasteiger partial charge in [-0.15, -0.1) is 0 Å². The largest absolute Gasteiger partial charge is 0.332 e. The van der Waals surface area contributed by atoms with Crippen molar-refractivity contribution in [3.63, 3.8) is 0 Å². The molecule has 2 aliphatic rings. The number of nitrogens with zero attached hydrogens (tertiary/aromatic N) is 1. The maximum Gasteiger partial charge on any atom is 0.241 e. The minimum atomic E-state index is -1.06. The third-order valence-corrected chi connectivity index (χ3v) is 4.82. The number of carbonyl (C=O) groups is 3. The van der Waals surface area contributed by atoms with Crippen LogP contribution in [0.4, 0.5) is 0 Å². The zero-order valence-electron chi connectivity index (χ0n) is 13.8. The molecule has 4 nitrogen and oxygen atoms in total. The monoisotopic (exact) mass is 291 g/mol. The molecule has 4 heteroatoms. The maximum absolute atomic E-state index is 12.7. The van der Waals surface area contributed by atoms with E-state index < -0.39 is 5.92 Å². The molecular weight excluding hydrogens is 266 g/mol. The van der Waals surface area contributed by atoms with Gasteiger partial charge in [0.15, 0.2) is 17.5 Å². The number of carbonyl (C=O) groups excluding carboxylic acids is 3. The molecule has 1 saturated carbocycles. The lowest BCUT2D eigenvalue weighted by atomic mass is 9.94. The van der Waals surface area contributed by atoms with Crippen LogP contribution in [0.2, 0.25) is 0 Å². The highest BCUT2D eigenvalue weighted by molar-refractivity contribution is 6.24. The average Bonchev–Trinajstić information content (AvgIpc) is 2.71. The summed E-state index contributed by atoms with van der Waals surface area (Å²) in [6.45, 7) is 11.9. The topological polar surface area (TPSA) is 54.5 Å². The van der Waals surface area contributed by atoms with Gasteiger partial charge < -0.3 is 4.90 Å². The van der Waals surface area contributed by atoms with Gasteiger partial charge in [0.05, 0.1) is 6.54 Å². The summed E-state index contributed by atoms with van der Waals surface area (Å²) in [4.78, 5) is 38.7. The van der Waals surface area contributed by atoms with Gasteiger partial charge in [0.1, 0.15) is 0 Å². The summed E-state index contributed by atoms with van der Waals surface area (Å²) in [5.41, 5.74) is 1.01. The van der Waals surface area contributed by atoms with Gasteiger partial charge in [-0.25, -0.2) is 0 Å². The normalized spacial score (nSPS) is 30.8. The van der Waals surface area contributed by atoms with E-state index >= 15 is 0 Å². The Labute approximate surface area is 126 Å². The van der Waals surface area contributed by atoms with E-state index in [0.29, 0.717) is 0 Å². The number of hydrogen-bond donors (Lipinski definition) is 0. The highest BCUT2D eigenvalue weighted by Gasteiger charge is 2.63. The Morgan fingerprint density at radius 3 is 2.29 bits per heavy atom. The molecule has 1 aliphatic heterocycles. The van der Waals surface area contributed by atoms with Gasteiger partial charge in [0.25, 0.3) is 0 Å². The predicted molar refractivity (Wildman–Crippen MR) is 80.5 cm³/mol. The smallest absolute Gasteiger partial charge is 0.241 e. The molecule has 0 radical (unpaired) electrons. The van der Waals surface area contributed by atoms with Gasteiger partial charge in [-0.3, -0.25) is 14.4 Å². The standard InChI is InChI=1S/C17H25NO3/c1-9(2)7-11-14(17(11,5)6)15(20)13-12(19)8-18(10(3)4)16(13)21/h7,10-11,13-14H,8H2,1-6H3. The molecule has 116 valence electrons. The van der Waals surface area contributed by atoms with Crippen LogP contribution in [0.3, 0.4) is 0 Å². The molecule has 2 fully saturated rings. The average molecular weight is 291 g/mol. The first-order chi connectivity index (χ1) is 9.59. The molecule has 0 bridgehead atoms. The Kier molecular flexibility index (Phi) is 3.85. The van der Waals surface area contributed by atoms with Gasteiger partial charge in [-0.2, -0.15) is 0 Å². The van der Waals surface area contributed by atoms with Crippen molar-refractivity contribution in [2.75, 3.05) is 6.54 Å². The molecule has 1 saturated heterocycles. The van der Waals surface area contributed by atoms with E-state index in [1.807, 2.05) is 41.5 Å². The van der Waals surface area contributed by atoms with E-state index in [1.54, 1.807) is 0 Å². The number of likely N-dealkylation sites (tertiary alicyclic amines) is 1. The van der Waals surface area contributed by atoms with Crippen LogP contribution in [-0.2, 0) is 14.4 Å². The Morgan fingerprint density at radius 1 is 1.29 bits per heavy atom. The van der Waals surface area contributed by atoms with E-state index in [1.165, 1.54) is 4.90 Å². The minimum absolute atomic E-state index is 0.0416. The summed E-state index contributed by atoms with van der Waals surface area (Å²) < 4.78 is 0. The molecule has 21 heavy (non-hydrogen) atoms. The molecule has 0 N–H and O–H groups in total. The second kappa shape index (κ2) is 5.08. The lowest BCUT2D eigenvalue weighted by molar-refractivity contribution is -0.140. The van der Waals surface area contributed by atoms with Crippen molar-refractivity contribution in [2.24, 2.45) is 23.2 Å². The van der Waals surface area contributed by atoms with Crippen LogP contribution in [0.5, 0.6) is 0 Å². The third kappa shape index (κ3) is 2.56. The molecule has 0 aromatic heterocycles. The summed E-state index contributed by atoms with van der Waals surface area (Å²) in [5, 5.41) is 0. The number of ketones is 2. The zero-order chi connectivity index (χ0) is 16.1. The molecule has 0 aromatic rings. The van der Waals surface area contributed by atoms with Crippen LogP contribution in [0, 0.1) is 23.2 Å². The zero-order valence-corrected chi connectivity index (χ0v) is 13.8. The van der Waals surface area contributed by atoms with Gasteiger partial charge >= 0.3 is 0 Å². The second-order valence-corrected chi connectivity index (χ2v) is 7.43. The summed E-state index contributed by atoms with van der Waals surface area (Å²) in [6, 6.07) is -0.0416. The first-order valence-electron chi connectivity index (χ1n) is 7.61. The van der Waals surface area contributed by atoms with Crippen molar-refractivity contribution in [3.8, 4) is 0 Å². The highest BCUT2D eigenvalue weighted by Crippen LogP contribution is 2.60. The second-order valence-electron chi connectivity index (χ2n) is 7.43. The molecule has 0 spiro atoms. The maximum atomic E-state index is 12.7. The summed E-state index contributed by atoms with van der Waals surface area (Å²) in [6.07, 6.45) is 2.09. The van der Waals surface area contributed by atoms with E-state index in [2.05, 4.69) is 6.08 Å². The summed E-state index contributed by atoms with van der Waals surface area (Å²) in [5.74, 6) is -1.86. The minimum Gasteiger partial charge on any atom is -0.332 e.